The van der Waals surface area contributed by atoms with Crippen LogP contribution in [0.2, 0.25) is 0 Å². The average molecular weight is 360 g/mol. The van der Waals surface area contributed by atoms with Gasteiger partial charge in [0.15, 0.2) is 5.72 Å². The van der Waals surface area contributed by atoms with Gasteiger partial charge in [0.2, 0.25) is 0 Å². The van der Waals surface area contributed by atoms with Gasteiger partial charge < -0.3 is 19.9 Å². The van der Waals surface area contributed by atoms with Gasteiger partial charge >= 0.3 is 12.2 Å². The molecule has 0 fully saturated rings. The predicted octanol–water partition coefficient (Wildman–Crippen LogP) is 4.04. The molecule has 0 rings (SSSR count). The first-order valence-electron chi connectivity index (χ1n) is 8.53. The zero-order valence-electron chi connectivity index (χ0n) is 17.5. The molecule has 7 nitrogen and oxygen atoms in total. The molecule has 0 aromatic rings. The Hall–Kier alpha value is -1.34. The number of amides is 2. The van der Waals surface area contributed by atoms with E-state index in [4.69, 9.17) is 19.9 Å². The molecule has 2 N–H and O–H groups in total. The Morgan fingerprint density at radius 2 is 1.16 bits per heavy atom. The second-order valence-corrected chi connectivity index (χ2v) is 9.33. The molecule has 25 heavy (non-hydrogen) atoms. The van der Waals surface area contributed by atoms with E-state index in [0.29, 0.717) is 6.42 Å². The van der Waals surface area contributed by atoms with E-state index in [2.05, 4.69) is 0 Å². The minimum atomic E-state index is -1.25. The van der Waals surface area contributed by atoms with E-state index in [-0.39, 0.29) is 6.61 Å². The first-order chi connectivity index (χ1) is 10.8. The summed E-state index contributed by atoms with van der Waals surface area (Å²) in [5.74, 6) is 0. The molecule has 0 radical (unpaired) electrons. The zero-order chi connectivity index (χ0) is 20.3. The van der Waals surface area contributed by atoms with Crippen LogP contribution in [-0.2, 0) is 14.2 Å². The molecular weight excluding hydrogens is 324 g/mol. The van der Waals surface area contributed by atoms with Crippen LogP contribution in [0.1, 0.15) is 75.7 Å². The van der Waals surface area contributed by atoms with Gasteiger partial charge in [-0.1, -0.05) is 0 Å². The predicted molar refractivity (Wildman–Crippen MR) is 97.2 cm³/mol. The van der Waals surface area contributed by atoms with Gasteiger partial charge in [-0.3, -0.25) is 0 Å². The molecule has 0 atom stereocenters. The summed E-state index contributed by atoms with van der Waals surface area (Å²) in [6.45, 7) is 17.6. The van der Waals surface area contributed by atoms with E-state index in [0.717, 1.165) is 4.90 Å². The number of nitrogens with zero attached hydrogens (tertiary/aromatic N) is 1. The molecule has 0 saturated carbocycles. The van der Waals surface area contributed by atoms with Crippen LogP contribution in [0, 0.1) is 0 Å². The summed E-state index contributed by atoms with van der Waals surface area (Å²) in [4.78, 5) is 26.1. The van der Waals surface area contributed by atoms with E-state index in [1.807, 2.05) is 13.8 Å². The summed E-state index contributed by atoms with van der Waals surface area (Å²) in [7, 11) is 0. The third-order valence-electron chi connectivity index (χ3n) is 2.89. The Labute approximate surface area is 152 Å². The van der Waals surface area contributed by atoms with Gasteiger partial charge in [-0.15, -0.1) is 0 Å². The van der Waals surface area contributed by atoms with Crippen molar-refractivity contribution in [3.8, 4) is 0 Å². The summed E-state index contributed by atoms with van der Waals surface area (Å²) in [5.41, 5.74) is 2.76. The van der Waals surface area contributed by atoms with Crippen molar-refractivity contribution in [1.29, 1.82) is 0 Å². The standard InChI is InChI=1S/C18H36N2O5/c1-15(2,3)24-13(21)20(14(22)25-16(4,5)6)18(9,10)23-12-11-17(7,8)19/h11-12,19H2,1-10H3. The molecule has 0 aliphatic rings. The molecule has 2 amide bonds. The Morgan fingerprint density at radius 3 is 1.44 bits per heavy atom. The lowest BCUT2D eigenvalue weighted by Crippen LogP contribution is -2.55. The number of hydrogen-bond acceptors (Lipinski definition) is 6. The SMILES string of the molecule is CC(C)(N)CCOC(C)(C)N(C(=O)OC(C)(C)C)C(=O)OC(C)(C)C. The Balaban J connectivity index is 5.40. The maximum Gasteiger partial charge on any atom is 0.422 e. The highest BCUT2D eigenvalue weighted by Crippen LogP contribution is 2.24. The van der Waals surface area contributed by atoms with Crippen LogP contribution in [0.5, 0.6) is 0 Å². The van der Waals surface area contributed by atoms with Crippen molar-refractivity contribution in [2.45, 2.75) is 98.1 Å². The zero-order valence-corrected chi connectivity index (χ0v) is 17.5. The molecule has 0 unspecified atom stereocenters. The number of nitrogens with two attached hydrogens (primary N) is 1. The fourth-order valence-electron chi connectivity index (χ4n) is 1.76. The van der Waals surface area contributed by atoms with Crippen LogP contribution < -0.4 is 5.73 Å². The van der Waals surface area contributed by atoms with Crippen LogP contribution in [0.15, 0.2) is 0 Å². The van der Waals surface area contributed by atoms with Crippen molar-refractivity contribution in [2.24, 2.45) is 5.73 Å². The van der Waals surface area contributed by atoms with E-state index in [1.165, 1.54) is 0 Å². The molecule has 0 heterocycles. The summed E-state index contributed by atoms with van der Waals surface area (Å²) in [5, 5.41) is 0. The van der Waals surface area contributed by atoms with Crippen molar-refractivity contribution in [1.82, 2.24) is 4.90 Å². The van der Waals surface area contributed by atoms with Crippen molar-refractivity contribution in [3.63, 3.8) is 0 Å². The van der Waals surface area contributed by atoms with E-state index >= 15 is 0 Å². The first kappa shape index (κ1) is 23.7. The fraction of sp³-hybridized carbons (Fsp3) is 0.889. The summed E-state index contributed by atoms with van der Waals surface area (Å²) in [6.07, 6.45) is -1.08. The monoisotopic (exact) mass is 360 g/mol. The molecule has 0 aliphatic heterocycles. The van der Waals surface area contributed by atoms with E-state index in [1.54, 1.807) is 55.4 Å². The molecule has 0 aromatic carbocycles. The fourth-order valence-corrected chi connectivity index (χ4v) is 1.76. The van der Waals surface area contributed by atoms with Crippen molar-refractivity contribution < 1.29 is 23.8 Å². The average Bonchev–Trinajstić information content (AvgIpc) is 2.19. The van der Waals surface area contributed by atoms with Crippen LogP contribution in [0.3, 0.4) is 0 Å². The van der Waals surface area contributed by atoms with Gasteiger partial charge in [-0.05, 0) is 75.7 Å². The Morgan fingerprint density at radius 1 is 0.800 bits per heavy atom. The first-order valence-corrected chi connectivity index (χ1v) is 8.53. The van der Waals surface area contributed by atoms with E-state index in [9.17, 15) is 9.59 Å². The minimum Gasteiger partial charge on any atom is -0.443 e. The van der Waals surface area contributed by atoms with Gasteiger partial charge in [0.05, 0.1) is 6.61 Å². The van der Waals surface area contributed by atoms with Crippen LogP contribution in [-0.4, -0.2) is 46.2 Å². The number of imide groups is 1. The maximum absolute atomic E-state index is 12.6. The Kier molecular flexibility index (Phi) is 7.49. The van der Waals surface area contributed by atoms with Crippen molar-refractivity contribution in [2.75, 3.05) is 6.61 Å². The quantitative estimate of drug-likeness (QED) is 0.744. The van der Waals surface area contributed by atoms with Gasteiger partial charge in [-0.2, -0.15) is 4.90 Å². The van der Waals surface area contributed by atoms with Crippen molar-refractivity contribution in [3.05, 3.63) is 0 Å². The highest BCUT2D eigenvalue weighted by Gasteiger charge is 2.42. The lowest BCUT2D eigenvalue weighted by Gasteiger charge is -2.38. The molecule has 0 aromatic heterocycles. The normalized spacial score (nSPS) is 13.4. The third-order valence-corrected chi connectivity index (χ3v) is 2.89. The molecule has 0 bridgehead atoms. The lowest BCUT2D eigenvalue weighted by atomic mass is 10.0. The second-order valence-electron chi connectivity index (χ2n) is 9.33. The number of rotatable bonds is 5. The summed E-state index contributed by atoms with van der Waals surface area (Å²) in [6, 6.07) is 0. The topological polar surface area (TPSA) is 91.1 Å². The largest absolute Gasteiger partial charge is 0.443 e. The van der Waals surface area contributed by atoms with Gasteiger partial charge in [0.1, 0.15) is 11.2 Å². The molecule has 7 heteroatoms. The van der Waals surface area contributed by atoms with Crippen molar-refractivity contribution >= 4 is 12.2 Å². The number of ether oxygens (including phenoxy) is 3. The molecule has 0 saturated heterocycles. The van der Waals surface area contributed by atoms with E-state index < -0.39 is 34.7 Å². The second kappa shape index (κ2) is 7.91. The highest BCUT2D eigenvalue weighted by atomic mass is 16.6. The number of carbonyl (C=O) groups excluding carboxylic acids is 2. The molecule has 148 valence electrons. The smallest absolute Gasteiger partial charge is 0.422 e. The lowest BCUT2D eigenvalue weighted by molar-refractivity contribution is -0.125. The summed E-state index contributed by atoms with van der Waals surface area (Å²) < 4.78 is 16.5. The molecule has 0 spiro atoms. The number of hydrogen-bond donors (Lipinski definition) is 1. The minimum absolute atomic E-state index is 0.276. The van der Waals surface area contributed by atoms with Gasteiger partial charge in [0.25, 0.3) is 0 Å². The van der Waals surface area contributed by atoms with Crippen LogP contribution >= 0.6 is 0 Å². The number of carbonyl (C=O) groups is 2. The van der Waals surface area contributed by atoms with Gasteiger partial charge in [0, 0.05) is 5.54 Å². The highest BCUT2D eigenvalue weighted by molar-refractivity contribution is 5.89. The molecule has 0 aliphatic carbocycles. The van der Waals surface area contributed by atoms with Gasteiger partial charge in [-0.25, -0.2) is 9.59 Å². The van der Waals surface area contributed by atoms with Crippen LogP contribution in [0.4, 0.5) is 9.59 Å². The Bertz CT molecular complexity index is 439. The molecular formula is C18H36N2O5. The summed E-state index contributed by atoms with van der Waals surface area (Å²) >= 11 is 0. The van der Waals surface area contributed by atoms with Crippen LogP contribution in [0.25, 0.3) is 0 Å². The third kappa shape index (κ3) is 10.3. The maximum atomic E-state index is 12.6.